The number of hydrogen-bond acceptors (Lipinski definition) is 1. The summed E-state index contributed by atoms with van der Waals surface area (Å²) in [7, 11) is 0. The fourth-order valence-electron chi connectivity index (χ4n) is 6.46. The molecule has 3 fully saturated rings. The van der Waals surface area contributed by atoms with Gasteiger partial charge in [0.05, 0.1) is 0 Å². The van der Waals surface area contributed by atoms with Gasteiger partial charge in [0, 0.05) is 6.04 Å². The van der Waals surface area contributed by atoms with Crippen molar-refractivity contribution in [3.05, 3.63) is 70.8 Å². The Bertz CT molecular complexity index is 761. The van der Waals surface area contributed by atoms with Crippen LogP contribution in [0.5, 0.6) is 0 Å². The summed E-state index contributed by atoms with van der Waals surface area (Å²) in [4.78, 5) is 0. The van der Waals surface area contributed by atoms with Gasteiger partial charge in [0.2, 0.25) is 0 Å². The highest BCUT2D eigenvalue weighted by atomic mass is 19.1. The monoisotopic (exact) mass is 419 g/mol. The zero-order valence-corrected chi connectivity index (χ0v) is 18.9. The maximum atomic E-state index is 17.0. The molecule has 0 unspecified atom stereocenters. The highest BCUT2D eigenvalue weighted by Gasteiger charge is 2.44. The molecule has 0 aromatic heterocycles. The molecule has 166 valence electrons. The first kappa shape index (κ1) is 21.2. The predicted octanol–water partition coefficient (Wildman–Crippen LogP) is 7.75. The van der Waals surface area contributed by atoms with Gasteiger partial charge in [0.15, 0.2) is 5.67 Å². The lowest BCUT2D eigenvalue weighted by atomic mass is 9.78. The Balaban J connectivity index is 1.43. The Kier molecular flexibility index (Phi) is 6.46. The van der Waals surface area contributed by atoms with Gasteiger partial charge >= 0.3 is 0 Å². The topological polar surface area (TPSA) is 12.0 Å². The van der Waals surface area contributed by atoms with Gasteiger partial charge in [-0.1, -0.05) is 87.1 Å². The summed E-state index contributed by atoms with van der Waals surface area (Å²) in [5.74, 6) is 1.33. The SMILES string of the molecule is FC(c1ccc(C2CCCCC2)cc1)(c1ccc(C2CCCCC2)cc1)[C@@H]1CCCN1. The van der Waals surface area contributed by atoms with Crippen LogP contribution >= 0.6 is 0 Å². The smallest absolute Gasteiger partial charge is 0.176 e. The first-order chi connectivity index (χ1) is 15.2. The molecule has 0 radical (unpaired) electrons. The highest BCUT2D eigenvalue weighted by Crippen LogP contribution is 2.42. The zero-order valence-electron chi connectivity index (χ0n) is 18.9. The van der Waals surface area contributed by atoms with Crippen LogP contribution in [-0.2, 0) is 5.67 Å². The van der Waals surface area contributed by atoms with Gasteiger partial charge < -0.3 is 5.32 Å². The van der Waals surface area contributed by atoms with Crippen molar-refractivity contribution >= 4 is 0 Å². The molecule has 1 N–H and O–H groups in total. The summed E-state index contributed by atoms with van der Waals surface area (Å²) in [5, 5.41) is 3.48. The molecular weight excluding hydrogens is 381 g/mol. The minimum Gasteiger partial charge on any atom is -0.310 e. The minimum atomic E-state index is -1.47. The summed E-state index contributed by atoms with van der Waals surface area (Å²) in [5.41, 5.74) is 2.97. The summed E-state index contributed by atoms with van der Waals surface area (Å²) >= 11 is 0. The lowest BCUT2D eigenvalue weighted by Crippen LogP contribution is -2.42. The summed E-state index contributed by atoms with van der Waals surface area (Å²) in [6, 6.07) is 17.0. The quantitative estimate of drug-likeness (QED) is 0.522. The molecule has 5 rings (SSSR count). The third-order valence-electron chi connectivity index (χ3n) is 8.36. The predicted molar refractivity (Wildman–Crippen MR) is 127 cm³/mol. The van der Waals surface area contributed by atoms with Crippen LogP contribution < -0.4 is 5.32 Å². The molecule has 1 saturated heterocycles. The van der Waals surface area contributed by atoms with E-state index in [2.05, 4.69) is 53.8 Å². The molecule has 2 heteroatoms. The molecule has 3 aliphatic rings. The number of nitrogens with one attached hydrogen (secondary N) is 1. The van der Waals surface area contributed by atoms with Crippen molar-refractivity contribution in [1.82, 2.24) is 5.32 Å². The van der Waals surface area contributed by atoms with E-state index >= 15 is 4.39 Å². The van der Waals surface area contributed by atoms with Crippen LogP contribution in [0.2, 0.25) is 0 Å². The average molecular weight is 420 g/mol. The first-order valence-corrected chi connectivity index (χ1v) is 12.9. The molecule has 1 nitrogen and oxygen atoms in total. The highest BCUT2D eigenvalue weighted by molar-refractivity contribution is 5.42. The van der Waals surface area contributed by atoms with E-state index in [1.807, 2.05) is 0 Å². The summed E-state index contributed by atoms with van der Waals surface area (Å²) < 4.78 is 17.0. The van der Waals surface area contributed by atoms with Crippen molar-refractivity contribution in [2.75, 3.05) is 6.54 Å². The molecule has 2 saturated carbocycles. The van der Waals surface area contributed by atoms with E-state index in [4.69, 9.17) is 0 Å². The van der Waals surface area contributed by atoms with E-state index in [1.54, 1.807) is 0 Å². The Morgan fingerprint density at radius 2 is 1.03 bits per heavy atom. The first-order valence-electron chi connectivity index (χ1n) is 12.9. The molecule has 31 heavy (non-hydrogen) atoms. The minimum absolute atomic E-state index is 0.145. The number of benzene rings is 2. The lowest BCUT2D eigenvalue weighted by molar-refractivity contribution is 0.163. The fourth-order valence-corrected chi connectivity index (χ4v) is 6.46. The van der Waals surface area contributed by atoms with Crippen molar-refractivity contribution in [1.29, 1.82) is 0 Å². The van der Waals surface area contributed by atoms with Crippen LogP contribution in [0.25, 0.3) is 0 Å². The fraction of sp³-hybridized carbons (Fsp3) is 0.586. The summed E-state index contributed by atoms with van der Waals surface area (Å²) in [6.07, 6.45) is 15.1. The van der Waals surface area contributed by atoms with E-state index < -0.39 is 5.67 Å². The molecule has 1 heterocycles. The maximum absolute atomic E-state index is 17.0. The second-order valence-electron chi connectivity index (χ2n) is 10.3. The lowest BCUT2D eigenvalue weighted by Gasteiger charge is -2.33. The third-order valence-corrected chi connectivity index (χ3v) is 8.36. The molecule has 0 spiro atoms. The van der Waals surface area contributed by atoms with Crippen molar-refractivity contribution in [2.24, 2.45) is 0 Å². The Hall–Kier alpha value is -1.67. The normalized spacial score (nSPS) is 23.8. The van der Waals surface area contributed by atoms with Crippen LogP contribution in [0, 0.1) is 0 Å². The van der Waals surface area contributed by atoms with Gasteiger partial charge in [-0.05, 0) is 79.2 Å². The zero-order chi connectivity index (χ0) is 21.1. The maximum Gasteiger partial charge on any atom is 0.176 e. The Morgan fingerprint density at radius 1 is 0.581 bits per heavy atom. The van der Waals surface area contributed by atoms with Gasteiger partial charge in [0.1, 0.15) is 0 Å². The second kappa shape index (κ2) is 9.45. The number of halogens is 1. The molecule has 1 atom stereocenters. The van der Waals surface area contributed by atoms with Crippen molar-refractivity contribution < 1.29 is 4.39 Å². The Morgan fingerprint density at radius 3 is 1.42 bits per heavy atom. The molecular formula is C29H38FN. The van der Waals surface area contributed by atoms with Gasteiger partial charge in [0.25, 0.3) is 0 Å². The number of hydrogen-bond donors (Lipinski definition) is 1. The van der Waals surface area contributed by atoms with Crippen LogP contribution in [-0.4, -0.2) is 12.6 Å². The molecule has 0 amide bonds. The van der Waals surface area contributed by atoms with Crippen molar-refractivity contribution in [3.8, 4) is 0 Å². The molecule has 2 aliphatic carbocycles. The van der Waals surface area contributed by atoms with Crippen molar-refractivity contribution in [3.63, 3.8) is 0 Å². The van der Waals surface area contributed by atoms with Crippen LogP contribution in [0.3, 0.4) is 0 Å². The molecule has 2 aromatic carbocycles. The van der Waals surface area contributed by atoms with Crippen LogP contribution in [0.4, 0.5) is 4.39 Å². The van der Waals surface area contributed by atoms with E-state index in [9.17, 15) is 0 Å². The van der Waals surface area contributed by atoms with E-state index in [0.29, 0.717) is 11.8 Å². The summed E-state index contributed by atoms with van der Waals surface area (Å²) in [6.45, 7) is 0.913. The van der Waals surface area contributed by atoms with Crippen molar-refractivity contribution in [2.45, 2.75) is 101 Å². The molecule has 2 aromatic rings. The van der Waals surface area contributed by atoms with Gasteiger partial charge in [-0.2, -0.15) is 0 Å². The van der Waals surface area contributed by atoms with Gasteiger partial charge in [-0.3, -0.25) is 0 Å². The van der Waals surface area contributed by atoms with Gasteiger partial charge in [-0.25, -0.2) is 4.39 Å². The molecule has 1 aliphatic heterocycles. The van der Waals surface area contributed by atoms with E-state index in [0.717, 1.165) is 30.5 Å². The van der Waals surface area contributed by atoms with Gasteiger partial charge in [-0.15, -0.1) is 0 Å². The van der Waals surface area contributed by atoms with Crippen LogP contribution in [0.15, 0.2) is 48.5 Å². The average Bonchev–Trinajstić information content (AvgIpc) is 3.41. The number of rotatable bonds is 5. The third kappa shape index (κ3) is 4.33. The molecule has 0 bridgehead atoms. The standard InChI is InChI=1S/C29H38FN/c30-29(28-12-7-21-31-28,26-17-13-24(14-18-26)22-8-3-1-4-9-22)27-19-15-25(16-20-27)23-10-5-2-6-11-23/h13-20,22-23,28,31H,1-12,21H2/t28-/m0/s1. The van der Waals surface area contributed by atoms with E-state index in [-0.39, 0.29) is 6.04 Å². The second-order valence-corrected chi connectivity index (χ2v) is 10.3. The number of alkyl halides is 1. The Labute approximate surface area is 187 Å². The van der Waals surface area contributed by atoms with Crippen LogP contribution in [0.1, 0.15) is 111 Å². The van der Waals surface area contributed by atoms with E-state index in [1.165, 1.54) is 75.3 Å². The largest absolute Gasteiger partial charge is 0.310 e.